The molecule has 1 aliphatic heterocycles. The van der Waals surface area contributed by atoms with Crippen LogP contribution in [-0.4, -0.2) is 25.8 Å². The maximum atomic E-state index is 5.91. The second-order valence-corrected chi connectivity index (χ2v) is 6.42. The van der Waals surface area contributed by atoms with Crippen LogP contribution >= 0.6 is 0 Å². The highest BCUT2D eigenvalue weighted by Gasteiger charge is 2.42. The maximum absolute atomic E-state index is 5.91. The summed E-state index contributed by atoms with van der Waals surface area (Å²) in [6.07, 6.45) is 9.66. The Morgan fingerprint density at radius 3 is 2.58 bits per heavy atom. The number of hydrogen-bond donors (Lipinski definition) is 1. The summed E-state index contributed by atoms with van der Waals surface area (Å²) in [7, 11) is 0. The largest absolute Gasteiger partial charge is 0.378 e. The van der Waals surface area contributed by atoms with E-state index in [-0.39, 0.29) is 0 Å². The lowest BCUT2D eigenvalue weighted by atomic mass is 9.72. The molecule has 0 bridgehead atoms. The van der Waals surface area contributed by atoms with E-state index in [0.717, 1.165) is 25.6 Å². The third-order valence-electron chi connectivity index (χ3n) is 4.97. The van der Waals surface area contributed by atoms with Gasteiger partial charge in [0.2, 0.25) is 0 Å². The first-order valence-electron chi connectivity index (χ1n) is 8.50. The summed E-state index contributed by atoms with van der Waals surface area (Å²) in [4.78, 5) is 0. The van der Waals surface area contributed by atoms with Gasteiger partial charge in [-0.15, -0.1) is 0 Å². The Morgan fingerprint density at radius 1 is 1.26 bits per heavy atom. The Morgan fingerprint density at radius 2 is 2.05 bits per heavy atom. The highest BCUT2D eigenvalue weighted by atomic mass is 16.5. The molecule has 1 rings (SSSR count). The first-order chi connectivity index (χ1) is 9.18. The van der Waals surface area contributed by atoms with Gasteiger partial charge in [-0.05, 0) is 38.6 Å². The van der Waals surface area contributed by atoms with E-state index in [1.807, 2.05) is 0 Å². The molecule has 2 heteroatoms. The molecule has 0 aromatic carbocycles. The molecule has 1 fully saturated rings. The van der Waals surface area contributed by atoms with Crippen LogP contribution in [0.3, 0.4) is 0 Å². The van der Waals surface area contributed by atoms with Crippen molar-refractivity contribution < 1.29 is 4.74 Å². The molecule has 3 unspecified atom stereocenters. The van der Waals surface area contributed by atoms with Crippen LogP contribution in [0.4, 0.5) is 0 Å². The molecule has 3 atom stereocenters. The van der Waals surface area contributed by atoms with E-state index in [0.29, 0.717) is 11.5 Å². The Hall–Kier alpha value is -0.0800. The van der Waals surface area contributed by atoms with Gasteiger partial charge in [0.25, 0.3) is 0 Å². The molecule has 0 aromatic rings. The van der Waals surface area contributed by atoms with Crippen LogP contribution in [-0.2, 0) is 4.74 Å². The van der Waals surface area contributed by atoms with Crippen molar-refractivity contribution in [2.75, 3.05) is 19.7 Å². The smallest absolute Gasteiger partial charge is 0.0616 e. The minimum absolute atomic E-state index is 0.392. The average Bonchev–Trinajstić information content (AvgIpc) is 2.76. The molecule has 0 aliphatic carbocycles. The highest BCUT2D eigenvalue weighted by molar-refractivity contribution is 4.92. The second kappa shape index (κ2) is 8.97. The molecule has 0 spiro atoms. The molecular weight excluding hydrogens is 234 g/mol. The average molecular weight is 269 g/mol. The molecule has 0 radical (unpaired) electrons. The lowest BCUT2D eigenvalue weighted by Gasteiger charge is -2.36. The maximum Gasteiger partial charge on any atom is 0.0616 e. The van der Waals surface area contributed by atoms with Gasteiger partial charge in [0.1, 0.15) is 0 Å². The first kappa shape index (κ1) is 17.0. The minimum atomic E-state index is 0.392. The monoisotopic (exact) mass is 269 g/mol. The fourth-order valence-electron chi connectivity index (χ4n) is 3.42. The molecule has 1 aliphatic rings. The van der Waals surface area contributed by atoms with Crippen molar-refractivity contribution in [3.63, 3.8) is 0 Å². The quantitative estimate of drug-likeness (QED) is 0.594. The third kappa shape index (κ3) is 5.07. The summed E-state index contributed by atoms with van der Waals surface area (Å²) in [6.45, 7) is 12.4. The van der Waals surface area contributed by atoms with Gasteiger partial charge in [-0.2, -0.15) is 0 Å². The van der Waals surface area contributed by atoms with Crippen LogP contribution in [0.2, 0.25) is 0 Å². The number of rotatable bonds is 10. The topological polar surface area (TPSA) is 21.3 Å². The molecule has 0 saturated carbocycles. The van der Waals surface area contributed by atoms with Crippen LogP contribution in [0, 0.1) is 11.3 Å². The highest BCUT2D eigenvalue weighted by Crippen LogP contribution is 2.42. The normalized spacial score (nSPS) is 28.7. The molecule has 114 valence electrons. The van der Waals surface area contributed by atoms with E-state index in [1.165, 1.54) is 44.9 Å². The van der Waals surface area contributed by atoms with Crippen molar-refractivity contribution in [2.24, 2.45) is 11.3 Å². The van der Waals surface area contributed by atoms with Crippen LogP contribution in [0.15, 0.2) is 0 Å². The van der Waals surface area contributed by atoms with Crippen LogP contribution < -0.4 is 5.32 Å². The summed E-state index contributed by atoms with van der Waals surface area (Å²) < 4.78 is 5.91. The van der Waals surface area contributed by atoms with Crippen molar-refractivity contribution in [3.05, 3.63) is 0 Å². The van der Waals surface area contributed by atoms with E-state index >= 15 is 0 Å². The Labute approximate surface area is 120 Å². The predicted octanol–water partition coefficient (Wildman–Crippen LogP) is 4.39. The zero-order valence-corrected chi connectivity index (χ0v) is 13.6. The van der Waals surface area contributed by atoms with Gasteiger partial charge in [0, 0.05) is 18.6 Å². The number of hydrogen-bond acceptors (Lipinski definition) is 2. The second-order valence-electron chi connectivity index (χ2n) is 6.42. The number of unbranched alkanes of at least 4 members (excludes halogenated alkanes) is 1. The molecule has 1 N–H and O–H groups in total. The summed E-state index contributed by atoms with van der Waals surface area (Å²) in [5.74, 6) is 0.882. The zero-order valence-electron chi connectivity index (χ0n) is 13.6. The summed E-state index contributed by atoms with van der Waals surface area (Å²) in [5, 5.41) is 3.65. The lowest BCUT2D eigenvalue weighted by molar-refractivity contribution is 0.0475. The Balaban J connectivity index is 2.57. The molecule has 1 heterocycles. The minimum Gasteiger partial charge on any atom is -0.378 e. The summed E-state index contributed by atoms with van der Waals surface area (Å²) >= 11 is 0. The Bertz CT molecular complexity index is 231. The SMILES string of the molecule is CCCCC(CC)CC1(CNCCC)CCOC1C. The number of nitrogens with one attached hydrogen (secondary N) is 1. The van der Waals surface area contributed by atoms with Crippen molar-refractivity contribution in [2.45, 2.75) is 78.7 Å². The first-order valence-corrected chi connectivity index (χ1v) is 8.50. The van der Waals surface area contributed by atoms with E-state index in [9.17, 15) is 0 Å². The predicted molar refractivity (Wildman–Crippen MR) is 83.5 cm³/mol. The van der Waals surface area contributed by atoms with E-state index < -0.39 is 0 Å². The summed E-state index contributed by atoms with van der Waals surface area (Å²) in [6, 6.07) is 0. The molecule has 0 aromatic heterocycles. The van der Waals surface area contributed by atoms with Gasteiger partial charge >= 0.3 is 0 Å². The van der Waals surface area contributed by atoms with Gasteiger partial charge in [-0.25, -0.2) is 0 Å². The van der Waals surface area contributed by atoms with E-state index in [2.05, 4.69) is 33.0 Å². The summed E-state index contributed by atoms with van der Waals surface area (Å²) in [5.41, 5.74) is 0.392. The van der Waals surface area contributed by atoms with Crippen LogP contribution in [0.1, 0.15) is 72.6 Å². The standard InChI is InChI=1S/C17H35NO/c1-5-8-9-16(7-3)13-17(14-18-11-6-2)10-12-19-15(17)4/h15-16,18H,5-14H2,1-4H3. The van der Waals surface area contributed by atoms with Crippen LogP contribution in [0.5, 0.6) is 0 Å². The van der Waals surface area contributed by atoms with Crippen molar-refractivity contribution in [1.29, 1.82) is 0 Å². The van der Waals surface area contributed by atoms with E-state index in [4.69, 9.17) is 4.74 Å². The van der Waals surface area contributed by atoms with Gasteiger partial charge in [-0.1, -0.05) is 46.5 Å². The lowest BCUT2D eigenvalue weighted by Crippen LogP contribution is -2.41. The molecular formula is C17H35NO. The van der Waals surface area contributed by atoms with Crippen LogP contribution in [0.25, 0.3) is 0 Å². The van der Waals surface area contributed by atoms with Gasteiger partial charge < -0.3 is 10.1 Å². The van der Waals surface area contributed by atoms with Crippen molar-refractivity contribution in [3.8, 4) is 0 Å². The fraction of sp³-hybridized carbons (Fsp3) is 1.00. The Kier molecular flexibility index (Phi) is 8.01. The van der Waals surface area contributed by atoms with E-state index in [1.54, 1.807) is 0 Å². The van der Waals surface area contributed by atoms with Gasteiger partial charge in [0.05, 0.1) is 6.10 Å². The molecule has 1 saturated heterocycles. The zero-order chi connectivity index (χ0) is 14.1. The van der Waals surface area contributed by atoms with Gasteiger partial charge in [0.15, 0.2) is 0 Å². The third-order valence-corrected chi connectivity index (χ3v) is 4.97. The van der Waals surface area contributed by atoms with Crippen molar-refractivity contribution in [1.82, 2.24) is 5.32 Å². The van der Waals surface area contributed by atoms with Crippen molar-refractivity contribution >= 4 is 0 Å². The van der Waals surface area contributed by atoms with Gasteiger partial charge in [-0.3, -0.25) is 0 Å². The molecule has 0 amide bonds. The fourth-order valence-corrected chi connectivity index (χ4v) is 3.42. The molecule has 2 nitrogen and oxygen atoms in total. The molecule has 19 heavy (non-hydrogen) atoms. The number of ether oxygens (including phenoxy) is 1.